The summed E-state index contributed by atoms with van der Waals surface area (Å²) in [5.41, 5.74) is 8.45. The van der Waals surface area contributed by atoms with Crippen LogP contribution in [-0.4, -0.2) is 32.1 Å². The number of ether oxygens (including phenoxy) is 1. The molecule has 0 aromatic heterocycles. The molecular weight excluding hydrogens is 224 g/mol. The first-order chi connectivity index (χ1) is 8.54. The van der Waals surface area contributed by atoms with Gasteiger partial charge in [-0.15, -0.1) is 0 Å². The Bertz CT molecular complexity index is 377. The Balaban J connectivity index is 3.20. The zero-order valence-corrected chi connectivity index (χ0v) is 12.2. The van der Waals surface area contributed by atoms with Crippen LogP contribution >= 0.6 is 0 Å². The Morgan fingerprint density at radius 1 is 1.33 bits per heavy atom. The SMILES string of the molecule is CCN(C)C(CN)c1cc(C(C)C)ccc1OC. The van der Waals surface area contributed by atoms with E-state index in [1.54, 1.807) is 7.11 Å². The predicted molar refractivity (Wildman–Crippen MR) is 77.2 cm³/mol. The van der Waals surface area contributed by atoms with Crippen LogP contribution in [0.5, 0.6) is 5.75 Å². The molecule has 3 nitrogen and oxygen atoms in total. The van der Waals surface area contributed by atoms with Crippen molar-refractivity contribution in [1.29, 1.82) is 0 Å². The van der Waals surface area contributed by atoms with Crippen molar-refractivity contribution < 1.29 is 4.74 Å². The van der Waals surface area contributed by atoms with E-state index in [1.807, 2.05) is 0 Å². The molecule has 18 heavy (non-hydrogen) atoms. The highest BCUT2D eigenvalue weighted by Crippen LogP contribution is 2.31. The third-order valence-electron chi connectivity index (χ3n) is 3.53. The highest BCUT2D eigenvalue weighted by atomic mass is 16.5. The molecule has 0 aliphatic heterocycles. The molecule has 1 aromatic carbocycles. The largest absolute Gasteiger partial charge is 0.496 e. The molecule has 3 heteroatoms. The number of nitrogens with two attached hydrogens (primary N) is 1. The van der Waals surface area contributed by atoms with Crippen LogP contribution in [0.3, 0.4) is 0 Å². The maximum absolute atomic E-state index is 5.93. The van der Waals surface area contributed by atoms with E-state index in [4.69, 9.17) is 10.5 Å². The molecule has 0 amide bonds. The fourth-order valence-corrected chi connectivity index (χ4v) is 2.14. The first-order valence-electron chi connectivity index (χ1n) is 6.63. The lowest BCUT2D eigenvalue weighted by Crippen LogP contribution is -2.30. The molecule has 1 rings (SSSR count). The second-order valence-corrected chi connectivity index (χ2v) is 4.98. The summed E-state index contributed by atoms with van der Waals surface area (Å²) >= 11 is 0. The molecular formula is C15H26N2O. The molecule has 2 N–H and O–H groups in total. The van der Waals surface area contributed by atoms with Crippen LogP contribution in [0.15, 0.2) is 18.2 Å². The molecule has 0 aliphatic rings. The Morgan fingerprint density at radius 3 is 2.44 bits per heavy atom. The average Bonchev–Trinajstić information content (AvgIpc) is 2.39. The highest BCUT2D eigenvalue weighted by Gasteiger charge is 2.19. The van der Waals surface area contributed by atoms with E-state index in [9.17, 15) is 0 Å². The van der Waals surface area contributed by atoms with Gasteiger partial charge in [-0.05, 0) is 31.1 Å². The van der Waals surface area contributed by atoms with Crippen LogP contribution in [0.2, 0.25) is 0 Å². The van der Waals surface area contributed by atoms with Gasteiger partial charge in [-0.1, -0.05) is 32.9 Å². The maximum Gasteiger partial charge on any atom is 0.123 e. The van der Waals surface area contributed by atoms with Gasteiger partial charge < -0.3 is 10.5 Å². The molecule has 1 unspecified atom stereocenters. The van der Waals surface area contributed by atoms with Crippen molar-refractivity contribution in [1.82, 2.24) is 4.90 Å². The Kier molecular flexibility index (Phi) is 5.63. The quantitative estimate of drug-likeness (QED) is 0.843. The summed E-state index contributed by atoms with van der Waals surface area (Å²) < 4.78 is 5.48. The fourth-order valence-electron chi connectivity index (χ4n) is 2.14. The van der Waals surface area contributed by atoms with E-state index >= 15 is 0 Å². The number of likely N-dealkylation sites (N-methyl/N-ethyl adjacent to an activating group) is 1. The first kappa shape index (κ1) is 15.0. The van der Waals surface area contributed by atoms with Crippen molar-refractivity contribution in [2.75, 3.05) is 27.2 Å². The molecule has 0 spiro atoms. The van der Waals surface area contributed by atoms with E-state index in [-0.39, 0.29) is 6.04 Å². The highest BCUT2D eigenvalue weighted by molar-refractivity contribution is 5.40. The molecule has 0 saturated heterocycles. The number of nitrogens with zero attached hydrogens (tertiary/aromatic N) is 1. The lowest BCUT2D eigenvalue weighted by atomic mass is 9.96. The number of benzene rings is 1. The average molecular weight is 250 g/mol. The summed E-state index contributed by atoms with van der Waals surface area (Å²) in [7, 11) is 3.81. The van der Waals surface area contributed by atoms with Gasteiger partial charge in [-0.2, -0.15) is 0 Å². The topological polar surface area (TPSA) is 38.5 Å². The molecule has 0 heterocycles. The summed E-state index contributed by atoms with van der Waals surface area (Å²) in [5.74, 6) is 1.44. The Hall–Kier alpha value is -1.06. The minimum absolute atomic E-state index is 0.212. The lowest BCUT2D eigenvalue weighted by Gasteiger charge is -2.28. The monoisotopic (exact) mass is 250 g/mol. The molecule has 1 aromatic rings. The van der Waals surface area contributed by atoms with E-state index < -0.39 is 0 Å². The maximum atomic E-state index is 5.93. The van der Waals surface area contributed by atoms with Crippen LogP contribution in [0.4, 0.5) is 0 Å². The first-order valence-corrected chi connectivity index (χ1v) is 6.63. The molecule has 0 aliphatic carbocycles. The summed E-state index contributed by atoms with van der Waals surface area (Å²) in [6.45, 7) is 8.11. The van der Waals surface area contributed by atoms with Crippen molar-refractivity contribution in [3.8, 4) is 5.75 Å². The second kappa shape index (κ2) is 6.76. The molecule has 0 bridgehead atoms. The van der Waals surface area contributed by atoms with E-state index in [2.05, 4.69) is 50.9 Å². The van der Waals surface area contributed by atoms with Crippen LogP contribution in [0.1, 0.15) is 43.9 Å². The van der Waals surface area contributed by atoms with Gasteiger partial charge >= 0.3 is 0 Å². The van der Waals surface area contributed by atoms with E-state index in [1.165, 1.54) is 11.1 Å². The number of methoxy groups -OCH3 is 1. The minimum atomic E-state index is 0.212. The summed E-state index contributed by atoms with van der Waals surface area (Å²) in [6.07, 6.45) is 0. The Labute approximate surface area is 111 Å². The fraction of sp³-hybridized carbons (Fsp3) is 0.600. The molecule has 0 fully saturated rings. The van der Waals surface area contributed by atoms with Gasteiger partial charge in [0.2, 0.25) is 0 Å². The van der Waals surface area contributed by atoms with Gasteiger partial charge in [0, 0.05) is 12.1 Å². The van der Waals surface area contributed by atoms with Gasteiger partial charge in [0.25, 0.3) is 0 Å². The van der Waals surface area contributed by atoms with E-state index in [0.717, 1.165) is 12.3 Å². The third kappa shape index (κ3) is 3.24. The zero-order chi connectivity index (χ0) is 13.7. The summed E-state index contributed by atoms with van der Waals surface area (Å²) in [5, 5.41) is 0. The van der Waals surface area contributed by atoms with Crippen molar-refractivity contribution in [3.63, 3.8) is 0 Å². The van der Waals surface area contributed by atoms with Gasteiger partial charge in [-0.3, -0.25) is 4.90 Å². The smallest absolute Gasteiger partial charge is 0.123 e. The van der Waals surface area contributed by atoms with Gasteiger partial charge in [0.1, 0.15) is 5.75 Å². The molecule has 0 saturated carbocycles. The second-order valence-electron chi connectivity index (χ2n) is 4.98. The predicted octanol–water partition coefficient (Wildman–Crippen LogP) is 2.77. The van der Waals surface area contributed by atoms with Crippen molar-refractivity contribution >= 4 is 0 Å². The van der Waals surface area contributed by atoms with Crippen LogP contribution in [-0.2, 0) is 0 Å². The summed E-state index contributed by atoms with van der Waals surface area (Å²) in [4.78, 5) is 2.25. The van der Waals surface area contributed by atoms with Crippen molar-refractivity contribution in [2.24, 2.45) is 5.73 Å². The van der Waals surface area contributed by atoms with Gasteiger partial charge in [0.05, 0.1) is 13.2 Å². The molecule has 1 atom stereocenters. The number of hydrogen-bond acceptors (Lipinski definition) is 3. The van der Waals surface area contributed by atoms with Crippen LogP contribution in [0.25, 0.3) is 0 Å². The van der Waals surface area contributed by atoms with Gasteiger partial charge in [0.15, 0.2) is 0 Å². The standard InChI is InChI=1S/C15H26N2O/c1-6-17(4)14(10-16)13-9-12(11(2)3)7-8-15(13)18-5/h7-9,11,14H,6,10,16H2,1-5H3. The third-order valence-corrected chi connectivity index (χ3v) is 3.53. The Morgan fingerprint density at radius 2 is 2.00 bits per heavy atom. The normalized spacial score (nSPS) is 13.1. The van der Waals surface area contributed by atoms with E-state index in [0.29, 0.717) is 12.5 Å². The van der Waals surface area contributed by atoms with Gasteiger partial charge in [-0.25, -0.2) is 0 Å². The number of rotatable bonds is 6. The zero-order valence-electron chi connectivity index (χ0n) is 12.2. The van der Waals surface area contributed by atoms with Crippen LogP contribution in [0, 0.1) is 0 Å². The van der Waals surface area contributed by atoms with Crippen LogP contribution < -0.4 is 10.5 Å². The number of hydrogen-bond donors (Lipinski definition) is 1. The van der Waals surface area contributed by atoms with Crippen molar-refractivity contribution in [3.05, 3.63) is 29.3 Å². The lowest BCUT2D eigenvalue weighted by molar-refractivity contribution is 0.256. The minimum Gasteiger partial charge on any atom is -0.496 e. The van der Waals surface area contributed by atoms with Crippen molar-refractivity contribution in [2.45, 2.75) is 32.7 Å². The molecule has 0 radical (unpaired) electrons. The molecule has 102 valence electrons. The summed E-state index contributed by atoms with van der Waals surface area (Å²) in [6, 6.07) is 6.62.